The van der Waals surface area contributed by atoms with Gasteiger partial charge in [-0.1, -0.05) is 26.0 Å². The molecule has 24 heavy (non-hydrogen) atoms. The zero-order chi connectivity index (χ0) is 18.5. The summed E-state index contributed by atoms with van der Waals surface area (Å²) in [5.74, 6) is -3.23. The smallest absolute Gasteiger partial charge is 0.418 e. The van der Waals surface area contributed by atoms with E-state index in [1.165, 1.54) is 19.1 Å². The second-order valence-electron chi connectivity index (χ2n) is 5.14. The number of allylic oxidation sites excluding steroid dienone is 1. The number of hydrogen-bond acceptors (Lipinski definition) is 4. The lowest BCUT2D eigenvalue weighted by Crippen LogP contribution is -2.23. The maximum Gasteiger partial charge on any atom is 0.418 e. The standard InChI is InChI=1S/C16H18F3NO4/c1-4-24-15(23)12(14(21)22)13(9(2)3)20-11-8-6-5-7-10(11)16(17,18)19/h5-9,20H,4H2,1-3H3,(H,21,22). The summed E-state index contributed by atoms with van der Waals surface area (Å²) in [5.41, 5.74) is -2.17. The predicted molar refractivity (Wildman–Crippen MR) is 81.2 cm³/mol. The van der Waals surface area contributed by atoms with Gasteiger partial charge in [-0.2, -0.15) is 13.2 Å². The average Bonchev–Trinajstić information content (AvgIpc) is 2.45. The Balaban J connectivity index is 3.45. The average molecular weight is 345 g/mol. The van der Waals surface area contributed by atoms with Crippen molar-refractivity contribution in [2.24, 2.45) is 5.92 Å². The van der Waals surface area contributed by atoms with Gasteiger partial charge in [0.1, 0.15) is 0 Å². The number of para-hydroxylation sites is 1. The minimum absolute atomic E-state index is 0.0554. The molecule has 0 unspecified atom stereocenters. The predicted octanol–water partition coefficient (Wildman–Crippen LogP) is 3.68. The number of aliphatic carboxylic acids is 1. The Labute approximate surface area is 137 Å². The van der Waals surface area contributed by atoms with E-state index in [0.717, 1.165) is 12.1 Å². The summed E-state index contributed by atoms with van der Waals surface area (Å²) in [6, 6.07) is 4.62. The minimum Gasteiger partial charge on any atom is -0.477 e. The van der Waals surface area contributed by atoms with Gasteiger partial charge in [0.25, 0.3) is 0 Å². The lowest BCUT2D eigenvalue weighted by Gasteiger charge is -2.20. The van der Waals surface area contributed by atoms with Gasteiger partial charge in [0, 0.05) is 5.70 Å². The van der Waals surface area contributed by atoms with Crippen LogP contribution in [0.1, 0.15) is 26.3 Å². The molecular formula is C16H18F3NO4. The summed E-state index contributed by atoms with van der Waals surface area (Å²) in [5, 5.41) is 11.7. The fourth-order valence-electron chi connectivity index (χ4n) is 2.00. The molecule has 2 N–H and O–H groups in total. The fraction of sp³-hybridized carbons (Fsp3) is 0.375. The van der Waals surface area contributed by atoms with Crippen LogP contribution in [-0.4, -0.2) is 23.7 Å². The summed E-state index contributed by atoms with van der Waals surface area (Å²) >= 11 is 0. The zero-order valence-electron chi connectivity index (χ0n) is 13.4. The van der Waals surface area contributed by atoms with Gasteiger partial charge in [0.2, 0.25) is 0 Å². The van der Waals surface area contributed by atoms with Crippen LogP contribution >= 0.6 is 0 Å². The Bertz CT molecular complexity index is 651. The number of nitrogens with one attached hydrogen (secondary N) is 1. The quantitative estimate of drug-likeness (QED) is 0.356. The Kier molecular flexibility index (Phi) is 6.39. The molecule has 0 spiro atoms. The highest BCUT2D eigenvalue weighted by Crippen LogP contribution is 2.36. The van der Waals surface area contributed by atoms with Crippen LogP contribution in [0, 0.1) is 5.92 Å². The molecule has 0 heterocycles. The Morgan fingerprint density at radius 3 is 2.29 bits per heavy atom. The van der Waals surface area contributed by atoms with E-state index in [1.54, 1.807) is 13.8 Å². The van der Waals surface area contributed by atoms with Gasteiger partial charge >= 0.3 is 18.1 Å². The molecule has 0 amide bonds. The topological polar surface area (TPSA) is 75.6 Å². The molecule has 0 aliphatic carbocycles. The Morgan fingerprint density at radius 2 is 1.83 bits per heavy atom. The number of ether oxygens (including phenoxy) is 1. The van der Waals surface area contributed by atoms with Crippen LogP contribution in [0.15, 0.2) is 35.5 Å². The van der Waals surface area contributed by atoms with Gasteiger partial charge in [-0.3, -0.25) is 0 Å². The van der Waals surface area contributed by atoms with Gasteiger partial charge in [-0.15, -0.1) is 0 Å². The number of anilines is 1. The van der Waals surface area contributed by atoms with E-state index in [2.05, 4.69) is 5.32 Å². The van der Waals surface area contributed by atoms with E-state index in [4.69, 9.17) is 4.74 Å². The fourth-order valence-corrected chi connectivity index (χ4v) is 2.00. The number of carbonyl (C=O) groups is 2. The Morgan fingerprint density at radius 1 is 1.25 bits per heavy atom. The molecule has 0 atom stereocenters. The van der Waals surface area contributed by atoms with Crippen molar-refractivity contribution in [3.05, 3.63) is 41.1 Å². The van der Waals surface area contributed by atoms with Crippen LogP contribution in [0.4, 0.5) is 18.9 Å². The third kappa shape index (κ3) is 4.74. The van der Waals surface area contributed by atoms with Crippen LogP contribution in [0.5, 0.6) is 0 Å². The number of alkyl halides is 3. The first-order chi connectivity index (χ1) is 11.1. The van der Waals surface area contributed by atoms with Crippen LogP contribution in [0.25, 0.3) is 0 Å². The molecule has 1 aromatic rings. The highest BCUT2D eigenvalue weighted by atomic mass is 19.4. The molecule has 132 valence electrons. The molecule has 1 rings (SSSR count). The molecule has 0 saturated carbocycles. The van der Waals surface area contributed by atoms with Gasteiger partial charge in [-0.25, -0.2) is 9.59 Å². The number of rotatable bonds is 6. The molecule has 0 bridgehead atoms. The first kappa shape index (κ1) is 19.5. The number of carbonyl (C=O) groups excluding carboxylic acids is 1. The highest BCUT2D eigenvalue weighted by Gasteiger charge is 2.34. The largest absolute Gasteiger partial charge is 0.477 e. The maximum atomic E-state index is 13.1. The second kappa shape index (κ2) is 7.85. The Hall–Kier alpha value is -2.51. The summed E-state index contributed by atoms with van der Waals surface area (Å²) in [6.07, 6.45) is -4.63. The van der Waals surface area contributed by atoms with E-state index >= 15 is 0 Å². The molecule has 0 aliphatic rings. The normalized spacial score (nSPS) is 12.6. The van der Waals surface area contributed by atoms with Crippen molar-refractivity contribution in [1.82, 2.24) is 0 Å². The number of esters is 1. The SMILES string of the molecule is CCOC(=O)C(C(=O)O)=C(Nc1ccccc1C(F)(F)F)C(C)C. The van der Waals surface area contributed by atoms with E-state index < -0.39 is 35.2 Å². The first-order valence-corrected chi connectivity index (χ1v) is 7.17. The van der Waals surface area contributed by atoms with Gasteiger partial charge in [0.05, 0.1) is 17.9 Å². The first-order valence-electron chi connectivity index (χ1n) is 7.17. The number of halogens is 3. The number of carboxylic acids is 1. The maximum absolute atomic E-state index is 13.1. The van der Waals surface area contributed by atoms with Gasteiger partial charge in [-0.05, 0) is 25.0 Å². The van der Waals surface area contributed by atoms with Crippen molar-refractivity contribution in [1.29, 1.82) is 0 Å². The summed E-state index contributed by atoms with van der Waals surface area (Å²) in [6.45, 7) is 4.56. The summed E-state index contributed by atoms with van der Waals surface area (Å²) in [4.78, 5) is 23.3. The van der Waals surface area contributed by atoms with Crippen molar-refractivity contribution in [3.8, 4) is 0 Å². The number of hydrogen-bond donors (Lipinski definition) is 2. The molecular weight excluding hydrogens is 327 g/mol. The van der Waals surface area contributed by atoms with Gasteiger partial charge in [0.15, 0.2) is 5.57 Å². The molecule has 1 aromatic carbocycles. The monoisotopic (exact) mass is 345 g/mol. The third-order valence-electron chi connectivity index (χ3n) is 3.04. The lowest BCUT2D eigenvalue weighted by molar-refractivity contribution is -0.144. The summed E-state index contributed by atoms with van der Waals surface area (Å²) < 4.78 is 43.9. The van der Waals surface area contributed by atoms with E-state index in [-0.39, 0.29) is 18.0 Å². The van der Waals surface area contributed by atoms with Crippen LogP contribution in [0.3, 0.4) is 0 Å². The van der Waals surface area contributed by atoms with Gasteiger partial charge < -0.3 is 15.2 Å². The van der Waals surface area contributed by atoms with E-state index in [9.17, 15) is 27.9 Å². The lowest BCUT2D eigenvalue weighted by atomic mass is 10.0. The van der Waals surface area contributed by atoms with Crippen LogP contribution < -0.4 is 5.32 Å². The van der Waals surface area contributed by atoms with Crippen molar-refractivity contribution >= 4 is 17.6 Å². The molecule has 0 aliphatic heterocycles. The summed E-state index contributed by atoms with van der Waals surface area (Å²) in [7, 11) is 0. The van der Waals surface area contributed by atoms with Crippen molar-refractivity contribution in [2.75, 3.05) is 11.9 Å². The van der Waals surface area contributed by atoms with Crippen molar-refractivity contribution in [3.63, 3.8) is 0 Å². The van der Waals surface area contributed by atoms with E-state index in [0.29, 0.717) is 0 Å². The molecule has 8 heteroatoms. The molecule has 0 radical (unpaired) electrons. The number of benzene rings is 1. The third-order valence-corrected chi connectivity index (χ3v) is 3.04. The highest BCUT2D eigenvalue weighted by molar-refractivity contribution is 6.14. The number of carboxylic acid groups (broad SMARTS) is 1. The van der Waals surface area contributed by atoms with E-state index in [1.807, 2.05) is 0 Å². The molecule has 5 nitrogen and oxygen atoms in total. The van der Waals surface area contributed by atoms with Crippen LogP contribution in [0.2, 0.25) is 0 Å². The second-order valence-corrected chi connectivity index (χ2v) is 5.14. The molecule has 0 saturated heterocycles. The van der Waals surface area contributed by atoms with Crippen molar-refractivity contribution < 1.29 is 32.6 Å². The zero-order valence-corrected chi connectivity index (χ0v) is 13.4. The molecule has 0 aromatic heterocycles. The molecule has 0 fully saturated rings. The van der Waals surface area contributed by atoms with Crippen LogP contribution in [-0.2, 0) is 20.5 Å². The van der Waals surface area contributed by atoms with Crippen molar-refractivity contribution in [2.45, 2.75) is 26.9 Å². The minimum atomic E-state index is -4.63.